The van der Waals surface area contributed by atoms with Gasteiger partial charge in [-0.15, -0.1) is 6.58 Å². The zero-order valence-electron chi connectivity index (χ0n) is 14.1. The molecule has 1 aliphatic rings. The molecule has 1 aromatic rings. The van der Waals surface area contributed by atoms with Crippen LogP contribution in [0.15, 0.2) is 40.5 Å². The summed E-state index contributed by atoms with van der Waals surface area (Å²) in [6.07, 6.45) is 7.14. The summed E-state index contributed by atoms with van der Waals surface area (Å²) in [5, 5.41) is 6.38. The van der Waals surface area contributed by atoms with Crippen molar-refractivity contribution in [2.75, 3.05) is 32.4 Å². The van der Waals surface area contributed by atoms with Crippen LogP contribution in [0.2, 0.25) is 0 Å². The van der Waals surface area contributed by atoms with E-state index >= 15 is 0 Å². The third-order valence-corrected chi connectivity index (χ3v) is 5.20. The lowest BCUT2D eigenvalue weighted by molar-refractivity contribution is 0.396. The zero-order valence-corrected chi connectivity index (χ0v) is 14.9. The van der Waals surface area contributed by atoms with Crippen molar-refractivity contribution in [1.82, 2.24) is 14.9 Å². The second-order valence-electron chi connectivity index (χ2n) is 5.78. The van der Waals surface area contributed by atoms with Crippen molar-refractivity contribution in [2.24, 2.45) is 4.99 Å². The largest absolute Gasteiger partial charge is 0.469 e. The van der Waals surface area contributed by atoms with E-state index < -0.39 is 10.0 Å². The molecule has 134 valence electrons. The van der Waals surface area contributed by atoms with Gasteiger partial charge >= 0.3 is 0 Å². The van der Waals surface area contributed by atoms with Crippen LogP contribution in [0.5, 0.6) is 0 Å². The molecule has 1 fully saturated rings. The third kappa shape index (κ3) is 5.68. The van der Waals surface area contributed by atoms with E-state index in [1.165, 1.54) is 6.26 Å². The maximum atomic E-state index is 11.8. The Hall–Kier alpha value is -1.80. The van der Waals surface area contributed by atoms with E-state index in [0.29, 0.717) is 32.1 Å². The highest BCUT2D eigenvalue weighted by molar-refractivity contribution is 7.88. The quantitative estimate of drug-likeness (QED) is 0.413. The van der Waals surface area contributed by atoms with Crippen molar-refractivity contribution in [3.05, 3.63) is 36.8 Å². The van der Waals surface area contributed by atoms with Gasteiger partial charge in [-0.2, -0.15) is 4.31 Å². The van der Waals surface area contributed by atoms with Gasteiger partial charge in [0.1, 0.15) is 5.76 Å². The van der Waals surface area contributed by atoms with E-state index in [4.69, 9.17) is 4.42 Å². The Balaban J connectivity index is 1.90. The van der Waals surface area contributed by atoms with E-state index in [2.05, 4.69) is 22.2 Å². The van der Waals surface area contributed by atoms with Crippen molar-refractivity contribution in [3.63, 3.8) is 0 Å². The molecule has 0 spiro atoms. The molecule has 0 aromatic carbocycles. The molecule has 7 nitrogen and oxygen atoms in total. The molecule has 0 saturated carbocycles. The Kier molecular flexibility index (Phi) is 6.86. The van der Waals surface area contributed by atoms with Gasteiger partial charge in [0, 0.05) is 32.1 Å². The van der Waals surface area contributed by atoms with Crippen LogP contribution < -0.4 is 10.6 Å². The predicted molar refractivity (Wildman–Crippen MR) is 95.5 cm³/mol. The van der Waals surface area contributed by atoms with Crippen LogP contribution in [0.3, 0.4) is 0 Å². The Morgan fingerprint density at radius 1 is 1.54 bits per heavy atom. The van der Waals surface area contributed by atoms with Gasteiger partial charge in [0.2, 0.25) is 10.0 Å². The molecular formula is C16H26N4O3S. The standard InChI is InChI=1S/C16H26N4O3S/c1-3-9-17-16(18-10-8-15-7-5-12-23-15)19-13-14-6-4-11-20(14)24(2,21)22/h3,5,7,12,14H,1,4,6,8-11,13H2,2H3,(H2,17,18,19)/t14-/m1/s1. The minimum atomic E-state index is -3.17. The lowest BCUT2D eigenvalue weighted by Crippen LogP contribution is -2.41. The molecule has 0 bridgehead atoms. The molecule has 8 heteroatoms. The molecule has 0 unspecified atom stereocenters. The number of hydrogen-bond acceptors (Lipinski definition) is 4. The second-order valence-corrected chi connectivity index (χ2v) is 7.72. The number of guanidine groups is 1. The minimum absolute atomic E-state index is 0.0626. The summed E-state index contributed by atoms with van der Waals surface area (Å²) in [5.41, 5.74) is 0. The SMILES string of the molecule is C=CCNC(=NC[C@H]1CCCN1S(C)(=O)=O)NCCc1ccco1. The topological polar surface area (TPSA) is 86.9 Å². The van der Waals surface area contributed by atoms with Gasteiger partial charge in [0.05, 0.1) is 19.1 Å². The van der Waals surface area contributed by atoms with E-state index in [1.54, 1.807) is 16.6 Å². The number of aliphatic imine (C=N–C) groups is 1. The first kappa shape index (κ1) is 18.5. The van der Waals surface area contributed by atoms with Crippen LogP contribution in [-0.4, -0.2) is 57.2 Å². The number of furan rings is 1. The van der Waals surface area contributed by atoms with Gasteiger partial charge in [-0.1, -0.05) is 6.08 Å². The Morgan fingerprint density at radius 2 is 2.38 bits per heavy atom. The van der Waals surface area contributed by atoms with Crippen molar-refractivity contribution < 1.29 is 12.8 Å². The van der Waals surface area contributed by atoms with Crippen LogP contribution in [0.1, 0.15) is 18.6 Å². The number of rotatable bonds is 8. The lowest BCUT2D eigenvalue weighted by atomic mass is 10.2. The molecule has 0 radical (unpaired) electrons. The van der Waals surface area contributed by atoms with Crippen LogP contribution in [0.25, 0.3) is 0 Å². The van der Waals surface area contributed by atoms with Crippen LogP contribution in [0, 0.1) is 0 Å². The summed E-state index contributed by atoms with van der Waals surface area (Å²) in [6.45, 7) is 5.98. The first-order valence-electron chi connectivity index (χ1n) is 8.13. The van der Waals surface area contributed by atoms with E-state index in [9.17, 15) is 8.42 Å². The first-order valence-corrected chi connectivity index (χ1v) is 9.98. The molecule has 1 saturated heterocycles. The number of nitrogens with one attached hydrogen (secondary N) is 2. The third-order valence-electron chi connectivity index (χ3n) is 3.87. The Bertz CT molecular complexity index is 640. The van der Waals surface area contributed by atoms with Gasteiger partial charge in [0.25, 0.3) is 0 Å². The molecule has 2 N–H and O–H groups in total. The summed E-state index contributed by atoms with van der Waals surface area (Å²) in [7, 11) is -3.17. The van der Waals surface area contributed by atoms with Crippen molar-refractivity contribution in [2.45, 2.75) is 25.3 Å². The van der Waals surface area contributed by atoms with Crippen molar-refractivity contribution in [3.8, 4) is 0 Å². The van der Waals surface area contributed by atoms with E-state index in [-0.39, 0.29) is 6.04 Å². The Labute approximate surface area is 143 Å². The predicted octanol–water partition coefficient (Wildman–Crippen LogP) is 0.967. The van der Waals surface area contributed by atoms with Crippen molar-refractivity contribution in [1.29, 1.82) is 0 Å². The maximum absolute atomic E-state index is 11.8. The highest BCUT2D eigenvalue weighted by Gasteiger charge is 2.31. The van der Waals surface area contributed by atoms with Gasteiger partial charge < -0.3 is 15.1 Å². The molecule has 24 heavy (non-hydrogen) atoms. The summed E-state index contributed by atoms with van der Waals surface area (Å²) in [6, 6.07) is 3.73. The second kappa shape index (κ2) is 8.89. The Morgan fingerprint density at radius 3 is 3.04 bits per heavy atom. The monoisotopic (exact) mass is 354 g/mol. The highest BCUT2D eigenvalue weighted by atomic mass is 32.2. The van der Waals surface area contributed by atoms with E-state index in [1.807, 2.05) is 12.1 Å². The van der Waals surface area contributed by atoms with Crippen LogP contribution in [-0.2, 0) is 16.4 Å². The van der Waals surface area contributed by atoms with Crippen molar-refractivity contribution >= 4 is 16.0 Å². The first-order chi connectivity index (χ1) is 11.5. The summed E-state index contributed by atoms with van der Waals surface area (Å²) in [5.74, 6) is 1.56. The fourth-order valence-corrected chi connectivity index (χ4v) is 3.90. The summed E-state index contributed by atoms with van der Waals surface area (Å²) >= 11 is 0. The van der Waals surface area contributed by atoms with Gasteiger partial charge in [-0.05, 0) is 25.0 Å². The maximum Gasteiger partial charge on any atom is 0.211 e. The summed E-state index contributed by atoms with van der Waals surface area (Å²) in [4.78, 5) is 4.54. The van der Waals surface area contributed by atoms with E-state index in [0.717, 1.165) is 25.0 Å². The number of nitrogens with zero attached hydrogens (tertiary/aromatic N) is 2. The minimum Gasteiger partial charge on any atom is -0.469 e. The smallest absolute Gasteiger partial charge is 0.211 e. The average molecular weight is 354 g/mol. The highest BCUT2D eigenvalue weighted by Crippen LogP contribution is 2.20. The average Bonchev–Trinajstić information content (AvgIpc) is 3.20. The van der Waals surface area contributed by atoms with Crippen LogP contribution in [0.4, 0.5) is 0 Å². The van der Waals surface area contributed by atoms with Gasteiger partial charge in [0.15, 0.2) is 5.96 Å². The van der Waals surface area contributed by atoms with Crippen LogP contribution >= 0.6 is 0 Å². The number of sulfonamides is 1. The van der Waals surface area contributed by atoms with Gasteiger partial charge in [-0.3, -0.25) is 4.99 Å². The molecule has 2 rings (SSSR count). The van der Waals surface area contributed by atoms with Gasteiger partial charge in [-0.25, -0.2) is 8.42 Å². The fourth-order valence-electron chi connectivity index (χ4n) is 2.73. The molecule has 0 amide bonds. The molecular weight excluding hydrogens is 328 g/mol. The zero-order chi connectivity index (χ0) is 17.4. The summed E-state index contributed by atoms with van der Waals surface area (Å²) < 4.78 is 30.4. The molecule has 1 aromatic heterocycles. The molecule has 0 aliphatic carbocycles. The lowest BCUT2D eigenvalue weighted by Gasteiger charge is -2.21. The molecule has 1 atom stereocenters. The normalized spacial score (nSPS) is 19.4. The fraction of sp³-hybridized carbons (Fsp3) is 0.562. The molecule has 2 heterocycles. The number of hydrogen-bond donors (Lipinski definition) is 2. The molecule has 1 aliphatic heterocycles.